The number of furan rings is 2. The second kappa shape index (κ2) is 10.6. The second-order valence-electron chi connectivity index (χ2n) is 12.5. The molecule has 0 amide bonds. The van der Waals surface area contributed by atoms with Crippen molar-refractivity contribution in [3.05, 3.63) is 170 Å². The zero-order valence-corrected chi connectivity index (χ0v) is 26.0. The van der Waals surface area contributed by atoms with Gasteiger partial charge in [-0.05, 0) is 85.3 Å². The van der Waals surface area contributed by atoms with Gasteiger partial charge in [-0.2, -0.15) is 0 Å². The van der Waals surface area contributed by atoms with E-state index >= 15 is 0 Å². The van der Waals surface area contributed by atoms with E-state index in [-0.39, 0.29) is 0 Å². The van der Waals surface area contributed by atoms with Gasteiger partial charge in [0.15, 0.2) is 0 Å². The Bertz CT molecular complexity index is 2750. The summed E-state index contributed by atoms with van der Waals surface area (Å²) in [5.74, 6) is 0.860. The fraction of sp³-hybridized carbons (Fsp3) is 0. The molecule has 224 valence electrons. The molecule has 0 bridgehead atoms. The van der Waals surface area contributed by atoms with E-state index in [1.54, 1.807) is 0 Å². The van der Waals surface area contributed by atoms with Crippen molar-refractivity contribution in [2.24, 2.45) is 0 Å². The van der Waals surface area contributed by atoms with Crippen molar-refractivity contribution in [2.75, 3.05) is 0 Å². The summed E-state index contributed by atoms with van der Waals surface area (Å²) in [4.78, 5) is 0. The molecule has 0 radical (unpaired) electrons. The third-order valence-corrected chi connectivity index (χ3v) is 9.67. The average Bonchev–Trinajstić information content (AvgIpc) is 3.73. The molecule has 0 aliphatic heterocycles. The topological polar surface area (TPSA) is 26.3 Å². The maximum Gasteiger partial charge on any atom is 0.136 e. The highest BCUT2D eigenvalue weighted by Gasteiger charge is 2.18. The molecule has 0 spiro atoms. The third-order valence-electron chi connectivity index (χ3n) is 9.67. The largest absolute Gasteiger partial charge is 0.456 e. The highest BCUT2D eigenvalue weighted by atomic mass is 16.3. The second-order valence-corrected chi connectivity index (χ2v) is 12.5. The van der Waals surface area contributed by atoms with E-state index in [0.717, 1.165) is 49.8 Å². The van der Waals surface area contributed by atoms with Crippen LogP contribution in [0.25, 0.3) is 99.2 Å². The van der Waals surface area contributed by atoms with Crippen molar-refractivity contribution >= 4 is 54.5 Å². The van der Waals surface area contributed by atoms with Crippen LogP contribution in [0, 0.1) is 0 Å². The van der Waals surface area contributed by atoms with Gasteiger partial charge >= 0.3 is 0 Å². The van der Waals surface area contributed by atoms with Crippen molar-refractivity contribution in [3.63, 3.8) is 0 Å². The van der Waals surface area contributed by atoms with Gasteiger partial charge in [-0.1, -0.05) is 140 Å². The van der Waals surface area contributed by atoms with Crippen LogP contribution in [0.1, 0.15) is 0 Å². The summed E-state index contributed by atoms with van der Waals surface area (Å²) >= 11 is 0. The van der Waals surface area contributed by atoms with E-state index in [4.69, 9.17) is 8.83 Å². The molecule has 0 unspecified atom stereocenters. The zero-order chi connectivity index (χ0) is 31.6. The van der Waals surface area contributed by atoms with Gasteiger partial charge in [-0.15, -0.1) is 0 Å². The Morgan fingerprint density at radius 2 is 0.771 bits per heavy atom. The molecule has 0 aliphatic rings. The molecule has 48 heavy (non-hydrogen) atoms. The van der Waals surface area contributed by atoms with Crippen LogP contribution < -0.4 is 0 Å². The van der Waals surface area contributed by atoms with Gasteiger partial charge < -0.3 is 8.83 Å². The van der Waals surface area contributed by atoms with E-state index in [1.165, 1.54) is 49.4 Å². The summed E-state index contributed by atoms with van der Waals surface area (Å²) in [6.07, 6.45) is 0. The predicted molar refractivity (Wildman–Crippen MR) is 200 cm³/mol. The Labute approximate surface area is 277 Å². The molecule has 0 aliphatic carbocycles. The van der Waals surface area contributed by atoms with E-state index in [2.05, 4.69) is 152 Å². The van der Waals surface area contributed by atoms with Crippen molar-refractivity contribution in [3.8, 4) is 44.7 Å². The lowest BCUT2D eigenvalue weighted by Gasteiger charge is -2.18. The van der Waals surface area contributed by atoms with E-state index < -0.39 is 0 Å². The number of fused-ring (bicyclic) bond motifs is 6. The van der Waals surface area contributed by atoms with Crippen LogP contribution in [0.2, 0.25) is 0 Å². The molecule has 0 atom stereocenters. The Kier molecular flexibility index (Phi) is 5.91. The first-order valence-electron chi connectivity index (χ1n) is 16.3. The number of rotatable bonds is 4. The number of hydrogen-bond donors (Lipinski definition) is 0. The van der Waals surface area contributed by atoms with Crippen molar-refractivity contribution in [1.29, 1.82) is 0 Å². The molecular formula is C46H28O2. The Morgan fingerprint density at radius 3 is 1.42 bits per heavy atom. The van der Waals surface area contributed by atoms with Crippen molar-refractivity contribution < 1.29 is 8.83 Å². The summed E-state index contributed by atoms with van der Waals surface area (Å²) in [5, 5.41) is 8.08. The first-order chi connectivity index (χ1) is 23.8. The van der Waals surface area contributed by atoms with E-state index in [1.807, 2.05) is 18.2 Å². The fourth-order valence-electron chi connectivity index (χ4n) is 7.42. The van der Waals surface area contributed by atoms with Crippen LogP contribution in [0.5, 0.6) is 0 Å². The minimum absolute atomic E-state index is 0.859. The van der Waals surface area contributed by atoms with E-state index in [0.29, 0.717) is 0 Å². The summed E-state index contributed by atoms with van der Waals surface area (Å²) in [6, 6.07) is 60.3. The average molecular weight is 613 g/mol. The van der Waals surface area contributed by atoms with Crippen LogP contribution >= 0.6 is 0 Å². The number of benzene rings is 8. The van der Waals surface area contributed by atoms with Gasteiger partial charge in [-0.25, -0.2) is 0 Å². The molecule has 2 heteroatoms. The number of hydrogen-bond acceptors (Lipinski definition) is 2. The minimum Gasteiger partial charge on any atom is -0.456 e. The van der Waals surface area contributed by atoms with Gasteiger partial charge in [-0.3, -0.25) is 0 Å². The molecule has 0 fully saturated rings. The van der Waals surface area contributed by atoms with Gasteiger partial charge in [0.05, 0.1) is 0 Å². The zero-order valence-electron chi connectivity index (χ0n) is 26.0. The summed E-state index contributed by atoms with van der Waals surface area (Å²) < 4.78 is 12.9. The quantitative estimate of drug-likeness (QED) is 0.185. The van der Waals surface area contributed by atoms with Gasteiger partial charge in [0.25, 0.3) is 0 Å². The molecular weight excluding hydrogens is 585 g/mol. The molecule has 0 saturated heterocycles. The molecule has 0 N–H and O–H groups in total. The van der Waals surface area contributed by atoms with Crippen molar-refractivity contribution in [2.45, 2.75) is 0 Å². The summed E-state index contributed by atoms with van der Waals surface area (Å²) in [6.45, 7) is 0. The molecule has 10 rings (SSSR count). The third kappa shape index (κ3) is 4.20. The Hall–Kier alpha value is -6.38. The molecule has 2 heterocycles. The standard InChI is InChI=1S/C46H28O2/c1-3-11-29(12-4-1)30-19-21-32(22-20-30)45-36-15-7-9-17-38(36)46(39-18-10-8-16-37(39)45)33-23-24-35-40-28-42-34(27-44(40)48-43(35)25-33)26-41(47-42)31-13-5-2-6-14-31/h1-28H. The van der Waals surface area contributed by atoms with Crippen LogP contribution in [0.15, 0.2) is 179 Å². The van der Waals surface area contributed by atoms with Crippen molar-refractivity contribution in [1.82, 2.24) is 0 Å². The van der Waals surface area contributed by atoms with Gasteiger partial charge in [0.1, 0.15) is 22.5 Å². The monoisotopic (exact) mass is 612 g/mol. The normalized spacial score (nSPS) is 11.8. The highest BCUT2D eigenvalue weighted by Crippen LogP contribution is 2.45. The maximum atomic E-state index is 6.56. The smallest absolute Gasteiger partial charge is 0.136 e. The van der Waals surface area contributed by atoms with Crippen LogP contribution in [-0.2, 0) is 0 Å². The molecule has 2 aromatic heterocycles. The first-order valence-corrected chi connectivity index (χ1v) is 16.3. The molecule has 8 aromatic carbocycles. The Morgan fingerprint density at radius 1 is 0.271 bits per heavy atom. The molecule has 2 nitrogen and oxygen atoms in total. The lowest BCUT2D eigenvalue weighted by Crippen LogP contribution is -1.91. The van der Waals surface area contributed by atoms with E-state index in [9.17, 15) is 0 Å². The minimum atomic E-state index is 0.859. The molecule has 0 saturated carbocycles. The summed E-state index contributed by atoms with van der Waals surface area (Å²) in [7, 11) is 0. The Balaban J connectivity index is 1.14. The maximum absolute atomic E-state index is 6.56. The lowest BCUT2D eigenvalue weighted by molar-refractivity contribution is 0.631. The first kappa shape index (κ1) is 26.8. The van der Waals surface area contributed by atoms with Gasteiger partial charge in [0.2, 0.25) is 0 Å². The lowest BCUT2D eigenvalue weighted by atomic mass is 9.85. The van der Waals surface area contributed by atoms with Crippen LogP contribution in [0.4, 0.5) is 0 Å². The molecule has 10 aromatic rings. The predicted octanol–water partition coefficient (Wildman–Crippen LogP) is 13.3. The summed E-state index contributed by atoms with van der Waals surface area (Å²) in [5.41, 5.74) is 10.9. The van der Waals surface area contributed by atoms with Crippen LogP contribution in [0.3, 0.4) is 0 Å². The van der Waals surface area contributed by atoms with Gasteiger partial charge in [0, 0.05) is 21.7 Å². The van der Waals surface area contributed by atoms with Crippen LogP contribution in [-0.4, -0.2) is 0 Å². The SMILES string of the molecule is c1ccc(-c2ccc(-c3c4ccccc4c(-c4ccc5c(c4)oc4cc6cc(-c7ccccc7)oc6cc45)c4ccccc34)cc2)cc1. The highest BCUT2D eigenvalue weighted by molar-refractivity contribution is 6.22. The fourth-order valence-corrected chi connectivity index (χ4v) is 7.42.